The van der Waals surface area contributed by atoms with E-state index in [9.17, 15) is 4.79 Å². The number of hydrogen-bond donors (Lipinski definition) is 0. The van der Waals surface area contributed by atoms with Crippen LogP contribution in [0, 0.1) is 0 Å². The minimum absolute atomic E-state index is 0.170. The Bertz CT molecular complexity index is 981. The summed E-state index contributed by atoms with van der Waals surface area (Å²) >= 11 is 1.73. The molecule has 3 heterocycles. The number of carbonyl (C=O) groups excluding carboxylic acids is 1. The lowest BCUT2D eigenvalue weighted by atomic mass is 9.86. The highest BCUT2D eigenvalue weighted by Gasteiger charge is 2.29. The molecule has 5 nitrogen and oxygen atoms in total. The molecular formula is C23H24N4OS. The van der Waals surface area contributed by atoms with Gasteiger partial charge in [0.05, 0.1) is 11.3 Å². The molecule has 1 aliphatic heterocycles. The van der Waals surface area contributed by atoms with Gasteiger partial charge in [-0.3, -0.25) is 9.69 Å². The summed E-state index contributed by atoms with van der Waals surface area (Å²) in [5, 5.41) is 2.08. The summed E-state index contributed by atoms with van der Waals surface area (Å²) in [5.74, 6) is 1.19. The van der Waals surface area contributed by atoms with Gasteiger partial charge in [-0.15, -0.1) is 11.3 Å². The summed E-state index contributed by atoms with van der Waals surface area (Å²) in [6, 6.07) is 14.8. The maximum Gasteiger partial charge on any atom is 0.225 e. The van der Waals surface area contributed by atoms with Gasteiger partial charge in [0.15, 0.2) is 5.78 Å². The van der Waals surface area contributed by atoms with E-state index < -0.39 is 0 Å². The van der Waals surface area contributed by atoms with Crippen molar-refractivity contribution in [3.8, 4) is 0 Å². The SMILES string of the molecule is O=C1C[C@H](c2cccs2)Cc2nc(N3CCN(Cc4ccccc4)CC3)ncc21. The van der Waals surface area contributed by atoms with Crippen LogP contribution in [-0.4, -0.2) is 46.8 Å². The van der Waals surface area contributed by atoms with Gasteiger partial charge in [0.1, 0.15) is 0 Å². The van der Waals surface area contributed by atoms with Crippen molar-refractivity contribution in [3.63, 3.8) is 0 Å². The number of carbonyl (C=O) groups is 1. The first-order chi connectivity index (χ1) is 14.3. The van der Waals surface area contributed by atoms with E-state index in [2.05, 4.69) is 62.6 Å². The van der Waals surface area contributed by atoms with Gasteiger partial charge in [0, 0.05) is 56.1 Å². The lowest BCUT2D eigenvalue weighted by Crippen LogP contribution is -2.46. The van der Waals surface area contributed by atoms with E-state index in [1.807, 2.05) is 0 Å². The Labute approximate surface area is 175 Å². The van der Waals surface area contributed by atoms with Crippen molar-refractivity contribution in [1.29, 1.82) is 0 Å². The van der Waals surface area contributed by atoms with Crippen LogP contribution in [0.5, 0.6) is 0 Å². The van der Waals surface area contributed by atoms with Gasteiger partial charge >= 0.3 is 0 Å². The van der Waals surface area contributed by atoms with Crippen molar-refractivity contribution in [2.24, 2.45) is 0 Å². The number of benzene rings is 1. The number of nitrogens with zero attached hydrogens (tertiary/aromatic N) is 4. The third-order valence-corrected chi connectivity index (χ3v) is 6.91. The Morgan fingerprint density at radius 2 is 1.83 bits per heavy atom. The molecule has 0 saturated carbocycles. The molecule has 2 aromatic heterocycles. The number of Topliss-reactive ketones (excluding diaryl/α,β-unsaturated/α-hetero) is 1. The fourth-order valence-electron chi connectivity index (χ4n) is 4.26. The molecule has 1 atom stereocenters. The average molecular weight is 405 g/mol. The van der Waals surface area contributed by atoms with Gasteiger partial charge in [-0.2, -0.15) is 0 Å². The van der Waals surface area contributed by atoms with Crippen LogP contribution in [0.15, 0.2) is 54.0 Å². The molecule has 1 aromatic carbocycles. The fraction of sp³-hybridized carbons (Fsp3) is 0.348. The van der Waals surface area contributed by atoms with Gasteiger partial charge in [0.25, 0.3) is 0 Å². The summed E-state index contributed by atoms with van der Waals surface area (Å²) in [4.78, 5) is 28.0. The predicted octanol–water partition coefficient (Wildman–Crippen LogP) is 3.77. The molecule has 0 unspecified atom stereocenters. The maximum absolute atomic E-state index is 12.6. The molecule has 3 aromatic rings. The van der Waals surface area contributed by atoms with Crippen LogP contribution in [0.25, 0.3) is 0 Å². The largest absolute Gasteiger partial charge is 0.338 e. The number of anilines is 1. The van der Waals surface area contributed by atoms with Crippen molar-refractivity contribution in [2.45, 2.75) is 25.3 Å². The van der Waals surface area contributed by atoms with Gasteiger partial charge < -0.3 is 4.90 Å². The van der Waals surface area contributed by atoms with E-state index in [1.165, 1.54) is 10.4 Å². The Balaban J connectivity index is 1.27. The van der Waals surface area contributed by atoms with Crippen molar-refractivity contribution in [2.75, 3.05) is 31.1 Å². The van der Waals surface area contributed by atoms with Crippen molar-refractivity contribution in [3.05, 3.63) is 75.7 Å². The molecule has 0 N–H and O–H groups in total. The number of thiophene rings is 1. The zero-order valence-corrected chi connectivity index (χ0v) is 17.1. The summed E-state index contributed by atoms with van der Waals surface area (Å²) in [7, 11) is 0. The second-order valence-corrected chi connectivity index (χ2v) is 8.80. The minimum atomic E-state index is 0.170. The van der Waals surface area contributed by atoms with Crippen LogP contribution < -0.4 is 4.90 Å². The predicted molar refractivity (Wildman–Crippen MR) is 116 cm³/mol. The van der Waals surface area contributed by atoms with E-state index >= 15 is 0 Å². The average Bonchev–Trinajstić information content (AvgIpc) is 3.30. The van der Waals surface area contributed by atoms with Crippen LogP contribution >= 0.6 is 11.3 Å². The topological polar surface area (TPSA) is 49.3 Å². The normalized spacial score (nSPS) is 19.9. The molecule has 0 amide bonds. The van der Waals surface area contributed by atoms with Crippen LogP contribution in [0.1, 0.15) is 38.8 Å². The second kappa shape index (κ2) is 8.05. The molecular weight excluding hydrogens is 380 g/mol. The maximum atomic E-state index is 12.6. The number of hydrogen-bond acceptors (Lipinski definition) is 6. The Morgan fingerprint density at radius 3 is 2.59 bits per heavy atom. The molecule has 29 heavy (non-hydrogen) atoms. The highest BCUT2D eigenvalue weighted by molar-refractivity contribution is 7.10. The van der Waals surface area contributed by atoms with Gasteiger partial charge in [-0.05, 0) is 23.4 Å². The van der Waals surface area contributed by atoms with E-state index in [4.69, 9.17) is 4.98 Å². The smallest absolute Gasteiger partial charge is 0.225 e. The third kappa shape index (κ3) is 3.95. The molecule has 0 spiro atoms. The first-order valence-electron chi connectivity index (χ1n) is 10.2. The van der Waals surface area contributed by atoms with Gasteiger partial charge in [-0.1, -0.05) is 36.4 Å². The van der Waals surface area contributed by atoms with Gasteiger partial charge in [0.2, 0.25) is 5.95 Å². The molecule has 0 radical (unpaired) electrons. The first kappa shape index (κ1) is 18.5. The molecule has 5 rings (SSSR count). The van der Waals surface area contributed by atoms with Crippen molar-refractivity contribution >= 4 is 23.1 Å². The molecule has 1 fully saturated rings. The highest BCUT2D eigenvalue weighted by Crippen LogP contribution is 2.34. The summed E-state index contributed by atoms with van der Waals surface area (Å²) in [6.07, 6.45) is 3.14. The minimum Gasteiger partial charge on any atom is -0.338 e. The Kier molecular flexibility index (Phi) is 5.12. The van der Waals surface area contributed by atoms with Crippen LogP contribution in [0.2, 0.25) is 0 Å². The summed E-state index contributed by atoms with van der Waals surface area (Å²) < 4.78 is 0. The molecule has 6 heteroatoms. The molecule has 1 saturated heterocycles. The Hall–Kier alpha value is -2.57. The summed E-state index contributed by atoms with van der Waals surface area (Å²) in [6.45, 7) is 4.79. The van der Waals surface area contributed by atoms with Gasteiger partial charge in [-0.25, -0.2) is 9.97 Å². The van der Waals surface area contributed by atoms with E-state index in [0.29, 0.717) is 12.0 Å². The van der Waals surface area contributed by atoms with E-state index in [0.717, 1.165) is 50.8 Å². The first-order valence-corrected chi connectivity index (χ1v) is 11.1. The third-order valence-electron chi connectivity index (χ3n) is 5.88. The highest BCUT2D eigenvalue weighted by atomic mass is 32.1. The quantitative estimate of drug-likeness (QED) is 0.662. The lowest BCUT2D eigenvalue weighted by molar-refractivity contribution is 0.0963. The molecule has 2 aliphatic rings. The lowest BCUT2D eigenvalue weighted by Gasteiger charge is -2.35. The number of fused-ring (bicyclic) bond motifs is 1. The number of ketones is 1. The number of aromatic nitrogens is 2. The zero-order chi connectivity index (χ0) is 19.6. The van der Waals surface area contributed by atoms with E-state index in [1.54, 1.807) is 17.5 Å². The number of piperazine rings is 1. The molecule has 0 bridgehead atoms. The standard InChI is InChI=1S/C23H24N4OS/c28-21-14-18(22-7-4-12-29-22)13-20-19(21)15-24-23(25-20)27-10-8-26(9-11-27)16-17-5-2-1-3-6-17/h1-7,12,15,18H,8-11,13-14,16H2/t18-/m1/s1. The van der Waals surface area contributed by atoms with Crippen LogP contribution in [0.3, 0.4) is 0 Å². The van der Waals surface area contributed by atoms with E-state index in [-0.39, 0.29) is 11.7 Å². The van der Waals surface area contributed by atoms with Crippen molar-refractivity contribution < 1.29 is 4.79 Å². The second-order valence-electron chi connectivity index (χ2n) is 7.82. The van der Waals surface area contributed by atoms with Crippen LogP contribution in [-0.2, 0) is 13.0 Å². The fourth-order valence-corrected chi connectivity index (χ4v) is 5.09. The number of rotatable bonds is 4. The monoisotopic (exact) mass is 404 g/mol. The molecule has 148 valence electrons. The van der Waals surface area contributed by atoms with Crippen molar-refractivity contribution in [1.82, 2.24) is 14.9 Å². The molecule has 1 aliphatic carbocycles. The Morgan fingerprint density at radius 1 is 1.00 bits per heavy atom. The summed E-state index contributed by atoms with van der Waals surface area (Å²) in [5.41, 5.74) is 2.98. The van der Waals surface area contributed by atoms with Crippen LogP contribution in [0.4, 0.5) is 5.95 Å². The zero-order valence-electron chi connectivity index (χ0n) is 16.3.